The molecule has 1 unspecified atom stereocenters. The molecule has 1 saturated heterocycles. The monoisotopic (exact) mass is 246 g/mol. The van der Waals surface area contributed by atoms with E-state index in [2.05, 4.69) is 12.2 Å². The van der Waals surface area contributed by atoms with Gasteiger partial charge in [0.25, 0.3) is 5.91 Å². The molecule has 0 radical (unpaired) electrons. The van der Waals surface area contributed by atoms with E-state index in [-0.39, 0.29) is 35.5 Å². The zero-order chi connectivity index (χ0) is 11.5. The molecule has 17 heavy (non-hydrogen) atoms. The summed E-state index contributed by atoms with van der Waals surface area (Å²) in [5, 5.41) is 2.13. The third-order valence-electron chi connectivity index (χ3n) is 2.57. The standard InChI is InChI=1S/C11H14N2O3.Na.H/c1-2-3-6-13-7-4-5-8(13)9-10(14)12-11(15)16-9;;/h4-5,7,9H,2-3,6H2,1H3,(H,12,14,15);;. The Kier molecular flexibility index (Phi) is 5.24. The number of imide groups is 1. The number of nitrogens with zero attached hydrogens (tertiary/aromatic N) is 1. The van der Waals surface area contributed by atoms with E-state index in [1.165, 1.54) is 0 Å². The molecule has 0 saturated carbocycles. The number of rotatable bonds is 4. The summed E-state index contributed by atoms with van der Waals surface area (Å²) >= 11 is 0. The summed E-state index contributed by atoms with van der Waals surface area (Å²) in [6, 6.07) is 3.66. The van der Waals surface area contributed by atoms with E-state index in [0.29, 0.717) is 0 Å². The second-order valence-electron chi connectivity index (χ2n) is 3.75. The Morgan fingerprint density at radius 3 is 2.82 bits per heavy atom. The number of hydrogen-bond acceptors (Lipinski definition) is 3. The van der Waals surface area contributed by atoms with Crippen molar-refractivity contribution in [2.45, 2.75) is 32.4 Å². The predicted octanol–water partition coefficient (Wildman–Crippen LogP) is 0.947. The SMILES string of the molecule is CCCCn1cccc1C1OC(=O)NC1=O.[NaH]. The molecule has 5 nitrogen and oxygen atoms in total. The molecular formula is C11H15N2NaO3. The molecule has 0 spiro atoms. The van der Waals surface area contributed by atoms with Gasteiger partial charge in [-0.25, -0.2) is 4.79 Å². The van der Waals surface area contributed by atoms with Gasteiger partial charge >= 0.3 is 35.7 Å². The molecule has 1 fully saturated rings. The Morgan fingerprint density at radius 1 is 1.47 bits per heavy atom. The molecule has 0 aromatic carbocycles. The Morgan fingerprint density at radius 2 is 2.24 bits per heavy atom. The van der Waals surface area contributed by atoms with E-state index < -0.39 is 12.2 Å². The number of nitrogens with one attached hydrogen (secondary N) is 1. The number of ether oxygens (including phenoxy) is 1. The van der Waals surface area contributed by atoms with E-state index in [1.807, 2.05) is 16.8 Å². The molecule has 2 rings (SSSR count). The quantitative estimate of drug-likeness (QED) is 0.804. The zero-order valence-electron chi connectivity index (χ0n) is 9.10. The number of aryl methyl sites for hydroxylation is 1. The first-order valence-corrected chi connectivity index (χ1v) is 5.39. The number of carbonyl (C=O) groups is 2. The van der Waals surface area contributed by atoms with Crippen molar-refractivity contribution in [1.82, 2.24) is 9.88 Å². The van der Waals surface area contributed by atoms with E-state index in [9.17, 15) is 9.59 Å². The zero-order valence-corrected chi connectivity index (χ0v) is 9.10. The van der Waals surface area contributed by atoms with Gasteiger partial charge in [-0.05, 0) is 18.6 Å². The number of unbranched alkanes of at least 4 members (excludes halogenated alkanes) is 1. The van der Waals surface area contributed by atoms with Gasteiger partial charge in [-0.2, -0.15) is 0 Å². The molecule has 88 valence electrons. The molecule has 1 atom stereocenters. The summed E-state index contributed by atoms with van der Waals surface area (Å²) in [5.41, 5.74) is 0.733. The fraction of sp³-hybridized carbons (Fsp3) is 0.455. The fourth-order valence-electron chi connectivity index (χ4n) is 1.75. The first-order valence-electron chi connectivity index (χ1n) is 5.39. The minimum absolute atomic E-state index is 0. The molecule has 0 bridgehead atoms. The van der Waals surface area contributed by atoms with Crippen LogP contribution in [0, 0.1) is 0 Å². The van der Waals surface area contributed by atoms with Crippen molar-refractivity contribution in [3.63, 3.8) is 0 Å². The number of carbonyl (C=O) groups excluding carboxylic acids is 2. The second-order valence-corrected chi connectivity index (χ2v) is 3.75. The van der Waals surface area contributed by atoms with Crippen LogP contribution in [0.4, 0.5) is 4.79 Å². The van der Waals surface area contributed by atoms with Crippen LogP contribution < -0.4 is 5.32 Å². The fourth-order valence-corrected chi connectivity index (χ4v) is 1.75. The molecule has 0 aliphatic carbocycles. The van der Waals surface area contributed by atoms with Crippen LogP contribution in [0.2, 0.25) is 0 Å². The van der Waals surface area contributed by atoms with Crippen LogP contribution in [0.25, 0.3) is 0 Å². The Labute approximate surface area is 122 Å². The van der Waals surface area contributed by atoms with Gasteiger partial charge in [-0.3, -0.25) is 10.1 Å². The van der Waals surface area contributed by atoms with Crippen LogP contribution in [0.15, 0.2) is 18.3 Å². The first-order chi connectivity index (χ1) is 7.72. The van der Waals surface area contributed by atoms with E-state index >= 15 is 0 Å². The van der Waals surface area contributed by atoms with Crippen molar-refractivity contribution in [3.8, 4) is 0 Å². The van der Waals surface area contributed by atoms with Crippen molar-refractivity contribution >= 4 is 41.6 Å². The van der Waals surface area contributed by atoms with Gasteiger partial charge < -0.3 is 9.30 Å². The molecule has 2 heterocycles. The molecule has 1 N–H and O–H groups in total. The number of aromatic nitrogens is 1. The van der Waals surface area contributed by atoms with Crippen molar-refractivity contribution in [3.05, 3.63) is 24.0 Å². The third kappa shape index (κ3) is 3.12. The molecule has 2 amide bonds. The Hall–Kier alpha value is -0.780. The van der Waals surface area contributed by atoms with Gasteiger partial charge in [0.15, 0.2) is 0 Å². The number of hydrogen-bond donors (Lipinski definition) is 1. The second kappa shape index (κ2) is 6.23. The average molecular weight is 246 g/mol. The molecule has 1 aromatic rings. The maximum atomic E-state index is 11.4. The summed E-state index contributed by atoms with van der Waals surface area (Å²) in [6.07, 6.45) is 2.54. The molecule has 6 heteroatoms. The van der Waals surface area contributed by atoms with Gasteiger partial charge in [0.2, 0.25) is 6.10 Å². The Bertz CT molecular complexity index is 417. The van der Waals surface area contributed by atoms with Crippen LogP contribution in [-0.2, 0) is 16.1 Å². The molecular weight excluding hydrogens is 231 g/mol. The third-order valence-corrected chi connectivity index (χ3v) is 2.57. The summed E-state index contributed by atoms with van der Waals surface area (Å²) in [4.78, 5) is 22.4. The normalized spacial score (nSPS) is 18.5. The molecule has 1 aromatic heterocycles. The van der Waals surface area contributed by atoms with Gasteiger partial charge in [-0.15, -0.1) is 0 Å². The molecule has 1 aliphatic rings. The van der Waals surface area contributed by atoms with Gasteiger partial charge in [0.1, 0.15) is 0 Å². The van der Waals surface area contributed by atoms with Crippen LogP contribution >= 0.6 is 0 Å². The number of alkyl carbamates (subject to hydrolysis) is 1. The van der Waals surface area contributed by atoms with Crippen LogP contribution in [0.3, 0.4) is 0 Å². The first kappa shape index (κ1) is 14.3. The van der Waals surface area contributed by atoms with Crippen LogP contribution in [0.5, 0.6) is 0 Å². The average Bonchev–Trinajstić information content (AvgIpc) is 2.81. The van der Waals surface area contributed by atoms with Crippen molar-refractivity contribution in [2.24, 2.45) is 0 Å². The van der Waals surface area contributed by atoms with Crippen molar-refractivity contribution in [1.29, 1.82) is 0 Å². The summed E-state index contributed by atoms with van der Waals surface area (Å²) in [6.45, 7) is 2.94. The summed E-state index contributed by atoms with van der Waals surface area (Å²) < 4.78 is 6.87. The topological polar surface area (TPSA) is 60.3 Å². The predicted molar refractivity (Wildman–Crippen MR) is 63.9 cm³/mol. The van der Waals surface area contributed by atoms with E-state index in [0.717, 1.165) is 25.1 Å². The van der Waals surface area contributed by atoms with Crippen molar-refractivity contribution in [2.75, 3.05) is 0 Å². The number of cyclic esters (lactones) is 1. The van der Waals surface area contributed by atoms with E-state index in [1.54, 1.807) is 6.07 Å². The van der Waals surface area contributed by atoms with Gasteiger partial charge in [0.05, 0.1) is 5.69 Å². The van der Waals surface area contributed by atoms with Gasteiger partial charge in [0, 0.05) is 12.7 Å². The molecule has 1 aliphatic heterocycles. The van der Waals surface area contributed by atoms with Crippen molar-refractivity contribution < 1.29 is 14.3 Å². The van der Waals surface area contributed by atoms with Gasteiger partial charge in [-0.1, -0.05) is 13.3 Å². The Balaban J connectivity index is 0.00000144. The maximum absolute atomic E-state index is 11.4. The minimum atomic E-state index is -0.792. The van der Waals surface area contributed by atoms with E-state index in [4.69, 9.17) is 4.74 Å². The summed E-state index contributed by atoms with van der Waals surface area (Å²) in [7, 11) is 0. The van der Waals surface area contributed by atoms with Crippen LogP contribution in [-0.4, -0.2) is 46.1 Å². The summed E-state index contributed by atoms with van der Waals surface area (Å²) in [5.74, 6) is -0.388. The number of amides is 2. The van der Waals surface area contributed by atoms with Crippen LogP contribution in [0.1, 0.15) is 31.6 Å².